The molecule has 146 valence electrons. The van der Waals surface area contributed by atoms with Crippen LogP contribution >= 0.6 is 0 Å². The number of nitrogens with zero attached hydrogens (tertiary/aromatic N) is 1. The molecule has 7 heteroatoms. The molecule has 3 aromatic rings. The number of hydrogen-bond donors (Lipinski definition) is 1. The fourth-order valence-corrected chi connectivity index (χ4v) is 3.18. The standard InChI is InChI=1S/C22H17FN2O4/c23-18-12-25-9-7-16(18)21(13-1-3-14(4-2-13)22(24)27)29-15-5-6-17-19(26)8-10-28-20(17)11-15/h1-7,9,11-12,21H,8,10H2,(H2,24,27)/t21-/m1/s1. The first-order valence-corrected chi connectivity index (χ1v) is 8.99. The number of ether oxygens (including phenoxy) is 2. The Morgan fingerprint density at radius 2 is 1.97 bits per heavy atom. The van der Waals surface area contributed by atoms with E-state index in [-0.39, 0.29) is 11.3 Å². The Morgan fingerprint density at radius 3 is 2.69 bits per heavy atom. The van der Waals surface area contributed by atoms with E-state index >= 15 is 0 Å². The molecule has 1 aromatic heterocycles. The number of rotatable bonds is 5. The number of primary amides is 1. The molecule has 0 saturated carbocycles. The Balaban J connectivity index is 1.72. The van der Waals surface area contributed by atoms with Crippen LogP contribution in [0.5, 0.6) is 11.5 Å². The largest absolute Gasteiger partial charge is 0.492 e. The number of fused-ring (bicyclic) bond motifs is 1. The first-order valence-electron chi connectivity index (χ1n) is 8.99. The fourth-order valence-electron chi connectivity index (χ4n) is 3.18. The number of carbonyl (C=O) groups excluding carboxylic acids is 2. The second-order valence-electron chi connectivity index (χ2n) is 6.56. The van der Waals surface area contributed by atoms with Crippen LogP contribution in [0.25, 0.3) is 0 Å². The lowest BCUT2D eigenvalue weighted by molar-refractivity contribution is 0.0932. The molecule has 2 aromatic carbocycles. The zero-order chi connectivity index (χ0) is 20.4. The van der Waals surface area contributed by atoms with E-state index in [0.29, 0.717) is 41.2 Å². The van der Waals surface area contributed by atoms with Crippen molar-refractivity contribution in [3.63, 3.8) is 0 Å². The molecule has 0 unspecified atom stereocenters. The molecule has 2 N–H and O–H groups in total. The van der Waals surface area contributed by atoms with Gasteiger partial charge in [0, 0.05) is 29.8 Å². The van der Waals surface area contributed by atoms with Gasteiger partial charge in [-0.05, 0) is 35.9 Å². The van der Waals surface area contributed by atoms with Gasteiger partial charge >= 0.3 is 0 Å². The summed E-state index contributed by atoms with van der Waals surface area (Å²) in [7, 11) is 0. The van der Waals surface area contributed by atoms with Gasteiger partial charge in [0.05, 0.1) is 18.4 Å². The number of Topliss-reactive ketones (excluding diaryl/α,β-unsaturated/α-hetero) is 1. The zero-order valence-electron chi connectivity index (χ0n) is 15.3. The highest BCUT2D eigenvalue weighted by Crippen LogP contribution is 2.34. The molecule has 1 atom stereocenters. The summed E-state index contributed by atoms with van der Waals surface area (Å²) in [6.45, 7) is 0.312. The van der Waals surface area contributed by atoms with Crippen LogP contribution in [-0.2, 0) is 0 Å². The van der Waals surface area contributed by atoms with E-state index in [1.54, 1.807) is 42.5 Å². The molecule has 1 aliphatic rings. The van der Waals surface area contributed by atoms with E-state index in [1.165, 1.54) is 12.3 Å². The van der Waals surface area contributed by atoms with Gasteiger partial charge in [0.25, 0.3) is 0 Å². The molecule has 29 heavy (non-hydrogen) atoms. The average molecular weight is 392 g/mol. The minimum absolute atomic E-state index is 0.0107. The highest BCUT2D eigenvalue weighted by molar-refractivity contribution is 5.99. The van der Waals surface area contributed by atoms with E-state index in [0.717, 1.165) is 6.20 Å². The second kappa shape index (κ2) is 7.71. The molecule has 0 fully saturated rings. The molecule has 1 amide bonds. The normalized spacial score (nSPS) is 13.9. The minimum Gasteiger partial charge on any atom is -0.492 e. The molecular formula is C22H17FN2O4. The third kappa shape index (κ3) is 3.80. The molecule has 0 spiro atoms. The molecule has 0 bridgehead atoms. The summed E-state index contributed by atoms with van der Waals surface area (Å²) in [5, 5.41) is 0. The van der Waals surface area contributed by atoms with Crippen molar-refractivity contribution in [3.8, 4) is 11.5 Å². The van der Waals surface area contributed by atoms with Gasteiger partial charge in [-0.25, -0.2) is 4.39 Å². The average Bonchev–Trinajstić information content (AvgIpc) is 2.73. The summed E-state index contributed by atoms with van der Waals surface area (Å²) in [4.78, 5) is 27.1. The van der Waals surface area contributed by atoms with Crippen molar-refractivity contribution in [2.24, 2.45) is 5.73 Å². The number of benzene rings is 2. The Labute approximate surface area is 166 Å². The van der Waals surface area contributed by atoms with Crippen LogP contribution in [0.2, 0.25) is 0 Å². The molecule has 2 heterocycles. The SMILES string of the molecule is NC(=O)c1ccc([C@@H](Oc2ccc3c(c2)OCCC3=O)c2ccncc2F)cc1. The molecule has 0 saturated heterocycles. The number of ketones is 1. The fraction of sp³-hybridized carbons (Fsp3) is 0.136. The monoisotopic (exact) mass is 392 g/mol. The van der Waals surface area contributed by atoms with E-state index < -0.39 is 17.8 Å². The number of aromatic nitrogens is 1. The Kier molecular flexibility index (Phi) is 4.95. The number of amides is 1. The third-order valence-corrected chi connectivity index (χ3v) is 4.68. The van der Waals surface area contributed by atoms with Crippen LogP contribution in [0.1, 0.15) is 44.4 Å². The van der Waals surface area contributed by atoms with Gasteiger partial charge in [0.2, 0.25) is 5.91 Å². The Hall–Kier alpha value is -3.74. The quantitative estimate of drug-likeness (QED) is 0.718. The smallest absolute Gasteiger partial charge is 0.248 e. The van der Waals surface area contributed by atoms with Crippen LogP contribution in [0.4, 0.5) is 4.39 Å². The number of hydrogen-bond acceptors (Lipinski definition) is 5. The van der Waals surface area contributed by atoms with Crippen LogP contribution in [0.15, 0.2) is 60.9 Å². The maximum Gasteiger partial charge on any atom is 0.248 e. The van der Waals surface area contributed by atoms with E-state index in [2.05, 4.69) is 4.98 Å². The first kappa shape index (κ1) is 18.6. The van der Waals surface area contributed by atoms with Crippen molar-refractivity contribution in [3.05, 3.63) is 89.0 Å². The molecular weight excluding hydrogens is 375 g/mol. The summed E-state index contributed by atoms with van der Waals surface area (Å²) in [5.74, 6) is -0.214. The first-order chi connectivity index (χ1) is 14.0. The van der Waals surface area contributed by atoms with Crippen molar-refractivity contribution in [2.75, 3.05) is 6.61 Å². The van der Waals surface area contributed by atoms with Crippen LogP contribution in [0.3, 0.4) is 0 Å². The van der Waals surface area contributed by atoms with E-state index in [9.17, 15) is 14.0 Å². The maximum absolute atomic E-state index is 14.5. The summed E-state index contributed by atoms with van der Waals surface area (Å²) < 4.78 is 26.1. The van der Waals surface area contributed by atoms with E-state index in [4.69, 9.17) is 15.2 Å². The van der Waals surface area contributed by atoms with Crippen molar-refractivity contribution in [1.29, 1.82) is 0 Å². The predicted octanol–water partition coefficient (Wildman–Crippen LogP) is 3.45. The van der Waals surface area contributed by atoms with Gasteiger partial charge < -0.3 is 15.2 Å². The molecule has 6 nitrogen and oxygen atoms in total. The van der Waals surface area contributed by atoms with Gasteiger partial charge in [-0.1, -0.05) is 12.1 Å². The lowest BCUT2D eigenvalue weighted by Gasteiger charge is -2.22. The number of carbonyl (C=O) groups is 2. The van der Waals surface area contributed by atoms with Crippen LogP contribution in [0, 0.1) is 5.82 Å². The number of pyridine rings is 1. The Morgan fingerprint density at radius 1 is 1.17 bits per heavy atom. The molecule has 0 radical (unpaired) electrons. The molecule has 0 aliphatic carbocycles. The predicted molar refractivity (Wildman–Crippen MR) is 103 cm³/mol. The summed E-state index contributed by atoms with van der Waals surface area (Å²) >= 11 is 0. The van der Waals surface area contributed by atoms with E-state index in [1.807, 2.05) is 0 Å². The minimum atomic E-state index is -0.808. The van der Waals surface area contributed by atoms with Gasteiger partial charge in [-0.3, -0.25) is 14.6 Å². The van der Waals surface area contributed by atoms with Gasteiger partial charge in [-0.15, -0.1) is 0 Å². The summed E-state index contributed by atoms with van der Waals surface area (Å²) in [6.07, 6.45) is 2.11. The topological polar surface area (TPSA) is 91.5 Å². The lowest BCUT2D eigenvalue weighted by Crippen LogP contribution is -2.16. The molecule has 4 rings (SSSR count). The van der Waals surface area contributed by atoms with Crippen LogP contribution in [-0.4, -0.2) is 23.3 Å². The van der Waals surface area contributed by atoms with Gasteiger partial charge in [-0.2, -0.15) is 0 Å². The lowest BCUT2D eigenvalue weighted by atomic mass is 10.00. The van der Waals surface area contributed by atoms with Crippen LogP contribution < -0.4 is 15.2 Å². The van der Waals surface area contributed by atoms with Crippen molar-refractivity contribution >= 4 is 11.7 Å². The highest BCUT2D eigenvalue weighted by Gasteiger charge is 2.23. The summed E-state index contributed by atoms with van der Waals surface area (Å²) in [6, 6.07) is 12.9. The second-order valence-corrected chi connectivity index (χ2v) is 6.56. The van der Waals surface area contributed by atoms with Crippen molar-refractivity contribution in [2.45, 2.75) is 12.5 Å². The summed E-state index contributed by atoms with van der Waals surface area (Å²) in [5.41, 5.74) is 7.03. The van der Waals surface area contributed by atoms with Gasteiger partial charge in [0.1, 0.15) is 17.3 Å². The Bertz CT molecular complexity index is 1080. The molecule has 1 aliphatic heterocycles. The van der Waals surface area contributed by atoms with Crippen molar-refractivity contribution in [1.82, 2.24) is 4.98 Å². The zero-order valence-corrected chi connectivity index (χ0v) is 15.3. The maximum atomic E-state index is 14.5. The highest BCUT2D eigenvalue weighted by atomic mass is 19.1. The number of halogens is 1. The number of nitrogens with two attached hydrogens (primary N) is 1. The third-order valence-electron chi connectivity index (χ3n) is 4.68. The van der Waals surface area contributed by atoms with Gasteiger partial charge in [0.15, 0.2) is 11.9 Å². The van der Waals surface area contributed by atoms with Crippen molar-refractivity contribution < 1.29 is 23.5 Å².